The summed E-state index contributed by atoms with van der Waals surface area (Å²) in [6, 6.07) is 2.72. The number of alkyl halides is 3. The molecule has 0 aromatic carbocycles. The topological polar surface area (TPSA) is 79.0 Å². The SMILES string of the molecule is CCn1nc(C(F)(F)F)cc1C(=O)N1CC[C@]2(C=C(C#N)C(=O)C(C)(C)C2)C1. The van der Waals surface area contributed by atoms with E-state index in [4.69, 9.17) is 0 Å². The van der Waals surface area contributed by atoms with E-state index in [-0.39, 0.29) is 30.1 Å². The molecule has 0 radical (unpaired) electrons. The quantitative estimate of drug-likeness (QED) is 0.772. The number of hydrogen-bond acceptors (Lipinski definition) is 4. The van der Waals surface area contributed by atoms with Gasteiger partial charge in [0.05, 0.1) is 5.57 Å². The van der Waals surface area contributed by atoms with E-state index >= 15 is 0 Å². The lowest BCUT2D eigenvalue weighted by Crippen LogP contribution is -2.41. The highest BCUT2D eigenvalue weighted by Crippen LogP contribution is 2.48. The molecule has 28 heavy (non-hydrogen) atoms. The molecule has 2 aliphatic rings. The Morgan fingerprint density at radius 1 is 1.39 bits per heavy atom. The molecule has 2 heterocycles. The van der Waals surface area contributed by atoms with Crippen molar-refractivity contribution >= 4 is 11.7 Å². The Morgan fingerprint density at radius 2 is 2.07 bits per heavy atom. The molecular formula is C19H21F3N4O2. The summed E-state index contributed by atoms with van der Waals surface area (Å²) < 4.78 is 40.0. The highest BCUT2D eigenvalue weighted by Gasteiger charge is 2.49. The van der Waals surface area contributed by atoms with Crippen LogP contribution in [0, 0.1) is 22.2 Å². The first kappa shape index (κ1) is 20.1. The summed E-state index contributed by atoms with van der Waals surface area (Å²) in [5.41, 5.74) is -2.37. The average molecular weight is 394 g/mol. The number of rotatable bonds is 2. The Labute approximate surface area is 160 Å². The molecule has 0 N–H and O–H groups in total. The molecule has 1 saturated heterocycles. The number of nitriles is 1. The number of carbonyl (C=O) groups is 2. The lowest BCUT2D eigenvalue weighted by molar-refractivity contribution is -0.141. The van der Waals surface area contributed by atoms with E-state index in [9.17, 15) is 28.0 Å². The van der Waals surface area contributed by atoms with E-state index in [1.807, 2.05) is 6.07 Å². The van der Waals surface area contributed by atoms with E-state index in [1.165, 1.54) is 4.90 Å². The van der Waals surface area contributed by atoms with Crippen LogP contribution in [0.4, 0.5) is 13.2 Å². The van der Waals surface area contributed by atoms with Crippen LogP contribution in [-0.4, -0.2) is 39.5 Å². The van der Waals surface area contributed by atoms with Crippen LogP contribution in [0.25, 0.3) is 0 Å². The fourth-order valence-corrected chi connectivity index (χ4v) is 4.29. The number of aromatic nitrogens is 2. The molecule has 1 amide bonds. The number of halogens is 3. The van der Waals surface area contributed by atoms with Crippen LogP contribution in [-0.2, 0) is 17.5 Å². The monoisotopic (exact) mass is 394 g/mol. The molecule has 1 spiro atoms. The first-order chi connectivity index (χ1) is 12.9. The summed E-state index contributed by atoms with van der Waals surface area (Å²) in [4.78, 5) is 26.7. The van der Waals surface area contributed by atoms with Crippen molar-refractivity contribution in [3.8, 4) is 6.07 Å². The third kappa shape index (κ3) is 3.32. The molecule has 1 atom stereocenters. The highest BCUT2D eigenvalue weighted by atomic mass is 19.4. The molecule has 0 bridgehead atoms. The van der Waals surface area contributed by atoms with Crippen LogP contribution >= 0.6 is 0 Å². The van der Waals surface area contributed by atoms with E-state index < -0.39 is 28.6 Å². The molecule has 1 fully saturated rings. The Balaban J connectivity index is 1.90. The maximum absolute atomic E-state index is 13.0. The molecule has 3 rings (SSSR count). The van der Waals surface area contributed by atoms with Gasteiger partial charge in [0, 0.05) is 36.5 Å². The lowest BCUT2D eigenvalue weighted by Gasteiger charge is -2.38. The zero-order valence-corrected chi connectivity index (χ0v) is 15.9. The van der Waals surface area contributed by atoms with Crippen molar-refractivity contribution in [2.45, 2.75) is 46.3 Å². The van der Waals surface area contributed by atoms with Gasteiger partial charge in [-0.3, -0.25) is 14.3 Å². The predicted octanol–water partition coefficient (Wildman–Crippen LogP) is 3.20. The maximum atomic E-state index is 13.0. The minimum atomic E-state index is -4.63. The van der Waals surface area contributed by atoms with Gasteiger partial charge in [0.15, 0.2) is 11.5 Å². The number of allylic oxidation sites excluding steroid dienone is 1. The summed E-state index contributed by atoms with van der Waals surface area (Å²) in [6.45, 7) is 5.89. The maximum Gasteiger partial charge on any atom is 0.435 e. The van der Waals surface area contributed by atoms with Gasteiger partial charge in [0.25, 0.3) is 5.91 Å². The van der Waals surface area contributed by atoms with Crippen molar-refractivity contribution < 1.29 is 22.8 Å². The molecule has 1 aliphatic carbocycles. The molecule has 6 nitrogen and oxygen atoms in total. The van der Waals surface area contributed by atoms with Gasteiger partial charge < -0.3 is 4.90 Å². The van der Waals surface area contributed by atoms with Crippen LogP contribution in [0.2, 0.25) is 0 Å². The minimum Gasteiger partial charge on any atom is -0.336 e. The van der Waals surface area contributed by atoms with E-state index in [0.717, 1.165) is 10.7 Å². The number of carbonyl (C=O) groups excluding carboxylic acids is 2. The Kier molecular flexibility index (Phi) is 4.64. The van der Waals surface area contributed by atoms with Gasteiger partial charge in [-0.15, -0.1) is 0 Å². The van der Waals surface area contributed by atoms with Crippen LogP contribution in [0.1, 0.15) is 49.8 Å². The number of Topliss-reactive ketones (excluding diaryl/α,β-unsaturated/α-hetero) is 1. The van der Waals surface area contributed by atoms with Crippen molar-refractivity contribution in [3.63, 3.8) is 0 Å². The molecule has 0 saturated carbocycles. The van der Waals surface area contributed by atoms with Crippen molar-refractivity contribution in [3.05, 3.63) is 29.1 Å². The smallest absolute Gasteiger partial charge is 0.336 e. The molecular weight excluding hydrogens is 373 g/mol. The van der Waals surface area contributed by atoms with Gasteiger partial charge in [-0.2, -0.15) is 23.5 Å². The van der Waals surface area contributed by atoms with Gasteiger partial charge in [-0.25, -0.2) is 0 Å². The van der Waals surface area contributed by atoms with Crippen LogP contribution in [0.3, 0.4) is 0 Å². The third-order valence-electron chi connectivity index (χ3n) is 5.49. The molecule has 1 aromatic heterocycles. The first-order valence-corrected chi connectivity index (χ1v) is 9.04. The Morgan fingerprint density at radius 3 is 2.64 bits per heavy atom. The molecule has 150 valence electrons. The molecule has 1 aromatic rings. The van der Waals surface area contributed by atoms with Crippen molar-refractivity contribution in [2.24, 2.45) is 10.8 Å². The van der Waals surface area contributed by atoms with Gasteiger partial charge in [0.1, 0.15) is 11.8 Å². The Bertz CT molecular complexity index is 907. The van der Waals surface area contributed by atoms with Crippen molar-refractivity contribution in [1.29, 1.82) is 5.26 Å². The van der Waals surface area contributed by atoms with Crippen LogP contribution in [0.15, 0.2) is 17.7 Å². The number of aryl methyl sites for hydroxylation is 1. The van der Waals surface area contributed by atoms with E-state index in [1.54, 1.807) is 26.8 Å². The van der Waals surface area contributed by atoms with E-state index in [0.29, 0.717) is 19.4 Å². The van der Waals surface area contributed by atoms with Crippen LogP contribution in [0.5, 0.6) is 0 Å². The zero-order valence-electron chi connectivity index (χ0n) is 15.9. The lowest BCUT2D eigenvalue weighted by atomic mass is 9.64. The number of likely N-dealkylation sites (tertiary alicyclic amines) is 1. The highest BCUT2D eigenvalue weighted by molar-refractivity contribution is 6.03. The fraction of sp³-hybridized carbons (Fsp3) is 0.579. The van der Waals surface area contributed by atoms with E-state index in [2.05, 4.69) is 5.10 Å². The van der Waals surface area contributed by atoms with Crippen molar-refractivity contribution in [2.75, 3.05) is 13.1 Å². The summed E-state index contributed by atoms with van der Waals surface area (Å²) in [5, 5.41) is 12.8. The number of ketones is 1. The number of hydrogen-bond donors (Lipinski definition) is 0. The second-order valence-corrected chi connectivity index (χ2v) is 8.13. The standard InChI is InChI=1S/C19H21F3N4O2/c1-4-26-13(7-14(24-26)19(20,21)22)16(28)25-6-5-18(11-25)8-12(9-23)15(27)17(2,3)10-18/h7-8H,4-6,10-11H2,1-3H3/t18-/m1/s1. The largest absolute Gasteiger partial charge is 0.435 e. The molecule has 9 heteroatoms. The number of nitrogens with zero attached hydrogens (tertiary/aromatic N) is 4. The second kappa shape index (κ2) is 6.47. The zero-order chi connectivity index (χ0) is 20.9. The third-order valence-corrected chi connectivity index (χ3v) is 5.49. The normalized spacial score (nSPS) is 24.4. The summed E-state index contributed by atoms with van der Waals surface area (Å²) in [7, 11) is 0. The summed E-state index contributed by atoms with van der Waals surface area (Å²) in [6.07, 6.45) is -1.95. The summed E-state index contributed by atoms with van der Waals surface area (Å²) in [5.74, 6) is -0.743. The van der Waals surface area contributed by atoms with Gasteiger partial charge in [-0.1, -0.05) is 19.9 Å². The van der Waals surface area contributed by atoms with Gasteiger partial charge in [0.2, 0.25) is 0 Å². The van der Waals surface area contributed by atoms with Gasteiger partial charge in [-0.05, 0) is 19.8 Å². The van der Waals surface area contributed by atoms with Crippen molar-refractivity contribution in [1.82, 2.24) is 14.7 Å². The van der Waals surface area contributed by atoms with Crippen LogP contribution < -0.4 is 0 Å². The van der Waals surface area contributed by atoms with Gasteiger partial charge >= 0.3 is 6.18 Å². The first-order valence-electron chi connectivity index (χ1n) is 9.04. The molecule has 1 aliphatic heterocycles. The second-order valence-electron chi connectivity index (χ2n) is 8.13. The average Bonchev–Trinajstić information content (AvgIpc) is 3.21. The minimum absolute atomic E-state index is 0.0866. The predicted molar refractivity (Wildman–Crippen MR) is 93.0 cm³/mol. The Hall–Kier alpha value is -2.63. The molecule has 0 unspecified atom stereocenters. The number of amides is 1. The fourth-order valence-electron chi connectivity index (χ4n) is 4.29. The summed E-state index contributed by atoms with van der Waals surface area (Å²) >= 11 is 0.